The van der Waals surface area contributed by atoms with E-state index in [0.29, 0.717) is 16.3 Å². The highest BCUT2D eigenvalue weighted by Gasteiger charge is 2.31. The zero-order valence-electron chi connectivity index (χ0n) is 23.3. The Morgan fingerprint density at radius 1 is 0.976 bits per heavy atom. The van der Waals surface area contributed by atoms with E-state index < -0.39 is 41.9 Å². The van der Waals surface area contributed by atoms with Gasteiger partial charge < -0.3 is 29.0 Å². The fourth-order valence-corrected chi connectivity index (χ4v) is 4.12. The Bertz CT molecular complexity index is 1430. The molecular weight excluding hydrogens is 559 g/mol. The van der Waals surface area contributed by atoms with Gasteiger partial charge in [-0.25, -0.2) is 14.2 Å². The smallest absolute Gasteiger partial charge is 0.328 e. The van der Waals surface area contributed by atoms with Crippen LogP contribution in [0.4, 0.5) is 4.39 Å². The highest BCUT2D eigenvalue weighted by molar-refractivity contribution is 6.32. The van der Waals surface area contributed by atoms with E-state index in [1.807, 2.05) is 6.92 Å². The zero-order chi connectivity index (χ0) is 30.3. The maximum Gasteiger partial charge on any atom is 0.328 e. The summed E-state index contributed by atoms with van der Waals surface area (Å²) in [6.45, 7) is 6.01. The number of methoxy groups -OCH3 is 2. The van der Waals surface area contributed by atoms with Gasteiger partial charge in [0.25, 0.3) is 5.91 Å². The number of nitrogens with one attached hydrogen (secondary N) is 1. The normalized spacial score (nSPS) is 12.9. The number of aromatic nitrogens is 1. The number of carbonyl (C=O) groups is 3. The number of halogens is 2. The Morgan fingerprint density at radius 2 is 1.68 bits per heavy atom. The lowest BCUT2D eigenvalue weighted by Gasteiger charge is -2.28. The molecular formula is C29H30ClFN2O8. The number of rotatable bonds is 11. The van der Waals surface area contributed by atoms with Crippen molar-refractivity contribution >= 4 is 29.4 Å². The van der Waals surface area contributed by atoms with Crippen LogP contribution in [0, 0.1) is 12.7 Å². The molecule has 0 spiro atoms. The second kappa shape index (κ2) is 13.8. The van der Waals surface area contributed by atoms with E-state index in [1.165, 1.54) is 51.6 Å². The molecule has 12 heteroatoms. The Hall–Kier alpha value is -4.38. The molecule has 41 heavy (non-hydrogen) atoms. The minimum absolute atomic E-state index is 0.104. The van der Waals surface area contributed by atoms with Crippen molar-refractivity contribution in [1.29, 1.82) is 0 Å². The molecule has 218 valence electrons. The molecule has 0 aliphatic rings. The Kier molecular flexibility index (Phi) is 10.5. The second-order valence-electron chi connectivity index (χ2n) is 8.98. The van der Waals surface area contributed by atoms with E-state index >= 15 is 0 Å². The van der Waals surface area contributed by atoms with Crippen molar-refractivity contribution < 1.29 is 42.5 Å². The fraction of sp³-hybridized carbons (Fsp3) is 0.310. The third-order valence-electron chi connectivity index (χ3n) is 5.82. The van der Waals surface area contributed by atoms with Crippen LogP contribution in [0.1, 0.15) is 48.5 Å². The summed E-state index contributed by atoms with van der Waals surface area (Å²) in [5.74, 6) is -2.46. The van der Waals surface area contributed by atoms with Crippen molar-refractivity contribution in [2.24, 2.45) is 0 Å². The van der Waals surface area contributed by atoms with Crippen molar-refractivity contribution in [2.75, 3.05) is 14.2 Å². The first-order valence-electron chi connectivity index (χ1n) is 12.4. The molecule has 3 aromatic rings. The van der Waals surface area contributed by atoms with Crippen LogP contribution in [0.15, 0.2) is 48.7 Å². The quantitative estimate of drug-likeness (QED) is 0.308. The summed E-state index contributed by atoms with van der Waals surface area (Å²) in [7, 11) is 2.71. The number of benzene rings is 2. The van der Waals surface area contributed by atoms with Crippen molar-refractivity contribution in [1.82, 2.24) is 10.3 Å². The molecule has 10 nitrogen and oxygen atoms in total. The molecule has 0 aliphatic heterocycles. The van der Waals surface area contributed by atoms with Gasteiger partial charge in [-0.1, -0.05) is 17.7 Å². The van der Waals surface area contributed by atoms with E-state index in [9.17, 15) is 18.8 Å². The number of ether oxygens (including phenoxy) is 5. The van der Waals surface area contributed by atoms with E-state index in [0.717, 1.165) is 12.5 Å². The molecule has 3 atom stereocenters. The number of aryl methyl sites for hydroxylation is 1. The van der Waals surface area contributed by atoms with Gasteiger partial charge >= 0.3 is 11.9 Å². The van der Waals surface area contributed by atoms with Gasteiger partial charge in [0, 0.05) is 30.8 Å². The van der Waals surface area contributed by atoms with E-state index in [2.05, 4.69) is 10.3 Å². The van der Waals surface area contributed by atoms with Crippen molar-refractivity contribution in [3.05, 3.63) is 76.3 Å². The first-order chi connectivity index (χ1) is 19.4. The third kappa shape index (κ3) is 7.85. The maximum absolute atomic E-state index is 13.9. The zero-order valence-corrected chi connectivity index (χ0v) is 24.1. The maximum atomic E-state index is 13.9. The van der Waals surface area contributed by atoms with Gasteiger partial charge in [0.15, 0.2) is 17.5 Å². The van der Waals surface area contributed by atoms with Gasteiger partial charge in [-0.3, -0.25) is 9.59 Å². The molecule has 3 rings (SSSR count). The van der Waals surface area contributed by atoms with Crippen LogP contribution in [0.3, 0.4) is 0 Å². The van der Waals surface area contributed by atoms with Crippen LogP contribution in [0.2, 0.25) is 5.02 Å². The minimum Gasteiger partial charge on any atom is -0.496 e. The number of hydrogen-bond acceptors (Lipinski definition) is 9. The SMILES string of the molecule is COc1cc(F)ccc1C(Oc1ccc(C)cc1Cl)C(C)OC(=O)[C@H](C)NC(=O)c1nccc(OC)c1OC(C)=O. The van der Waals surface area contributed by atoms with Crippen LogP contribution in [-0.2, 0) is 14.3 Å². The lowest BCUT2D eigenvalue weighted by Crippen LogP contribution is -2.42. The Morgan fingerprint density at radius 3 is 2.32 bits per heavy atom. The highest BCUT2D eigenvalue weighted by atomic mass is 35.5. The molecule has 0 fully saturated rings. The molecule has 0 saturated heterocycles. The summed E-state index contributed by atoms with van der Waals surface area (Å²) < 4.78 is 41.4. The molecule has 0 radical (unpaired) electrons. The predicted octanol–water partition coefficient (Wildman–Crippen LogP) is 5.00. The molecule has 2 aromatic carbocycles. The largest absolute Gasteiger partial charge is 0.496 e. The fourth-order valence-electron chi connectivity index (χ4n) is 3.84. The molecule has 1 aromatic heterocycles. The van der Waals surface area contributed by atoms with Gasteiger partial charge in [0.1, 0.15) is 29.5 Å². The molecule has 1 heterocycles. The number of carbonyl (C=O) groups excluding carboxylic acids is 3. The van der Waals surface area contributed by atoms with Crippen LogP contribution >= 0.6 is 11.6 Å². The van der Waals surface area contributed by atoms with Gasteiger partial charge in [0.2, 0.25) is 5.75 Å². The average molecular weight is 589 g/mol. The lowest BCUT2D eigenvalue weighted by atomic mass is 10.0. The number of nitrogens with zero attached hydrogens (tertiary/aromatic N) is 1. The first kappa shape index (κ1) is 31.2. The average Bonchev–Trinajstić information content (AvgIpc) is 2.92. The standard InChI is InChI=1S/C29H30ClFN2O8/c1-15-7-10-22(21(30)13-15)41-26(20-9-8-19(31)14-24(20)38-6)17(3)39-29(36)16(2)33-28(35)25-27(40-18(4)34)23(37-5)11-12-32-25/h7-14,16-17,26H,1-6H3,(H,33,35)/t16-,17?,26?/m0/s1. The summed E-state index contributed by atoms with van der Waals surface area (Å²) >= 11 is 6.38. The first-order valence-corrected chi connectivity index (χ1v) is 12.8. The van der Waals surface area contributed by atoms with Crippen LogP contribution < -0.4 is 24.3 Å². The topological polar surface area (TPSA) is 122 Å². The van der Waals surface area contributed by atoms with E-state index in [-0.39, 0.29) is 22.9 Å². The van der Waals surface area contributed by atoms with Gasteiger partial charge in [-0.2, -0.15) is 0 Å². The molecule has 2 unspecified atom stereocenters. The Balaban J connectivity index is 1.84. The van der Waals surface area contributed by atoms with E-state index in [1.54, 1.807) is 25.1 Å². The minimum atomic E-state index is -1.16. The third-order valence-corrected chi connectivity index (χ3v) is 6.12. The van der Waals surface area contributed by atoms with Gasteiger partial charge in [-0.15, -0.1) is 0 Å². The van der Waals surface area contributed by atoms with Gasteiger partial charge in [0.05, 0.1) is 19.2 Å². The number of esters is 2. The summed E-state index contributed by atoms with van der Waals surface area (Å²) in [6.07, 6.45) is -0.654. The summed E-state index contributed by atoms with van der Waals surface area (Å²) in [5.41, 5.74) is 1.04. The van der Waals surface area contributed by atoms with E-state index in [4.69, 9.17) is 35.3 Å². The van der Waals surface area contributed by atoms with Crippen LogP contribution in [0.5, 0.6) is 23.0 Å². The molecule has 0 aliphatic carbocycles. The van der Waals surface area contributed by atoms with Crippen LogP contribution in [0.25, 0.3) is 0 Å². The number of hydrogen-bond donors (Lipinski definition) is 1. The van der Waals surface area contributed by atoms with Gasteiger partial charge in [-0.05, 0) is 50.6 Å². The lowest BCUT2D eigenvalue weighted by molar-refractivity contribution is -0.154. The number of amides is 1. The Labute approximate surface area is 241 Å². The summed E-state index contributed by atoms with van der Waals surface area (Å²) in [5, 5.41) is 2.80. The van der Waals surface area contributed by atoms with Crippen molar-refractivity contribution in [3.63, 3.8) is 0 Å². The number of pyridine rings is 1. The summed E-state index contributed by atoms with van der Waals surface area (Å²) in [6, 6.07) is 9.29. The highest BCUT2D eigenvalue weighted by Crippen LogP contribution is 2.36. The predicted molar refractivity (Wildman–Crippen MR) is 147 cm³/mol. The second-order valence-corrected chi connectivity index (χ2v) is 9.39. The molecule has 0 saturated carbocycles. The van der Waals surface area contributed by atoms with Crippen molar-refractivity contribution in [3.8, 4) is 23.0 Å². The molecule has 1 amide bonds. The summed E-state index contributed by atoms with van der Waals surface area (Å²) in [4.78, 5) is 41.6. The molecule has 0 bridgehead atoms. The molecule has 1 N–H and O–H groups in total. The monoisotopic (exact) mass is 588 g/mol. The van der Waals surface area contributed by atoms with Crippen molar-refractivity contribution in [2.45, 2.75) is 45.9 Å². The van der Waals surface area contributed by atoms with Crippen LogP contribution in [-0.4, -0.2) is 49.2 Å².